The predicted octanol–water partition coefficient (Wildman–Crippen LogP) is 3.96. The minimum Gasteiger partial charge on any atom is -0.508 e. The van der Waals surface area contributed by atoms with E-state index in [-0.39, 0.29) is 29.5 Å². The first-order valence-corrected chi connectivity index (χ1v) is 9.62. The van der Waals surface area contributed by atoms with Crippen LogP contribution in [0.3, 0.4) is 0 Å². The van der Waals surface area contributed by atoms with E-state index in [0.29, 0.717) is 19.0 Å². The predicted molar refractivity (Wildman–Crippen MR) is 97.9 cm³/mol. The van der Waals surface area contributed by atoms with E-state index in [4.69, 9.17) is 0 Å². The van der Waals surface area contributed by atoms with Gasteiger partial charge in [0.1, 0.15) is 11.5 Å². The first kappa shape index (κ1) is 17.9. The van der Waals surface area contributed by atoms with Crippen molar-refractivity contribution < 1.29 is 15.0 Å². The molecule has 1 saturated carbocycles. The van der Waals surface area contributed by atoms with Gasteiger partial charge in [-0.3, -0.25) is 0 Å². The molecule has 1 saturated heterocycles. The van der Waals surface area contributed by atoms with Gasteiger partial charge in [0.2, 0.25) is 0 Å². The average Bonchev–Trinajstić information content (AvgIpc) is 2.62. The van der Waals surface area contributed by atoms with Crippen LogP contribution < -0.4 is 5.32 Å². The van der Waals surface area contributed by atoms with Crippen LogP contribution in [0, 0.1) is 5.92 Å². The Kier molecular flexibility index (Phi) is 5.71. The standard InChI is InChI=1S/C20H30N2O3/c1-14(15-5-3-2-4-6-15)21-20(25)22-11-9-16(10-12-22)18-8-7-17(23)13-19(18)24/h7-8,13-16,23-24H,2-6,9-12H2,1H3,(H,21,25)/t14-/m0/s1. The summed E-state index contributed by atoms with van der Waals surface area (Å²) in [4.78, 5) is 14.4. The fourth-order valence-corrected chi connectivity index (χ4v) is 4.31. The van der Waals surface area contributed by atoms with E-state index in [0.717, 1.165) is 18.4 Å². The number of hydrogen-bond acceptors (Lipinski definition) is 3. The number of aromatic hydroxyl groups is 2. The number of piperidine rings is 1. The summed E-state index contributed by atoms with van der Waals surface area (Å²) in [6, 6.07) is 5.08. The third-order valence-electron chi connectivity index (χ3n) is 5.94. The lowest BCUT2D eigenvalue weighted by Gasteiger charge is -2.35. The fraction of sp³-hybridized carbons (Fsp3) is 0.650. The Morgan fingerprint density at radius 3 is 2.44 bits per heavy atom. The number of benzene rings is 1. The number of phenolic OH excluding ortho intramolecular Hbond substituents is 2. The number of hydrogen-bond donors (Lipinski definition) is 3. The van der Waals surface area contributed by atoms with Crippen molar-refractivity contribution >= 4 is 6.03 Å². The zero-order valence-corrected chi connectivity index (χ0v) is 15.1. The summed E-state index contributed by atoms with van der Waals surface area (Å²) in [6.45, 7) is 3.54. The van der Waals surface area contributed by atoms with Crippen LogP contribution in [-0.4, -0.2) is 40.3 Å². The Morgan fingerprint density at radius 1 is 1.12 bits per heavy atom. The number of carbonyl (C=O) groups is 1. The van der Waals surface area contributed by atoms with Gasteiger partial charge in [-0.1, -0.05) is 25.3 Å². The third-order valence-corrected chi connectivity index (χ3v) is 5.94. The van der Waals surface area contributed by atoms with Crippen LogP contribution in [0.2, 0.25) is 0 Å². The number of urea groups is 1. The normalized spacial score (nSPS) is 21.1. The minimum atomic E-state index is 0.0476. The molecule has 138 valence electrons. The Morgan fingerprint density at radius 2 is 1.80 bits per heavy atom. The van der Waals surface area contributed by atoms with Gasteiger partial charge in [0, 0.05) is 25.2 Å². The van der Waals surface area contributed by atoms with Gasteiger partial charge in [0.15, 0.2) is 0 Å². The van der Waals surface area contributed by atoms with E-state index in [9.17, 15) is 15.0 Å². The average molecular weight is 346 g/mol. The molecule has 0 spiro atoms. The largest absolute Gasteiger partial charge is 0.508 e. The molecule has 0 radical (unpaired) electrons. The minimum absolute atomic E-state index is 0.0476. The smallest absolute Gasteiger partial charge is 0.317 e. The summed E-state index contributed by atoms with van der Waals surface area (Å²) in [6.07, 6.45) is 8.02. The highest BCUT2D eigenvalue weighted by Gasteiger charge is 2.28. The molecule has 25 heavy (non-hydrogen) atoms. The van der Waals surface area contributed by atoms with E-state index in [1.165, 1.54) is 38.2 Å². The van der Waals surface area contributed by atoms with Crippen molar-refractivity contribution in [1.29, 1.82) is 0 Å². The van der Waals surface area contributed by atoms with Crippen LogP contribution >= 0.6 is 0 Å². The molecule has 0 unspecified atom stereocenters. The molecule has 1 aliphatic carbocycles. The van der Waals surface area contributed by atoms with Gasteiger partial charge < -0.3 is 20.4 Å². The SMILES string of the molecule is C[C@H](NC(=O)N1CCC(c2ccc(O)cc2O)CC1)C1CCCCC1. The molecule has 2 amide bonds. The second kappa shape index (κ2) is 7.98. The molecular weight excluding hydrogens is 316 g/mol. The lowest BCUT2D eigenvalue weighted by Crippen LogP contribution is -2.49. The molecule has 2 aliphatic rings. The lowest BCUT2D eigenvalue weighted by molar-refractivity contribution is 0.170. The van der Waals surface area contributed by atoms with Crippen molar-refractivity contribution in [3.63, 3.8) is 0 Å². The zero-order valence-electron chi connectivity index (χ0n) is 15.1. The molecule has 1 atom stereocenters. The number of rotatable bonds is 3. The second-order valence-electron chi connectivity index (χ2n) is 7.64. The van der Waals surface area contributed by atoms with E-state index < -0.39 is 0 Å². The Hall–Kier alpha value is -1.91. The number of likely N-dealkylation sites (tertiary alicyclic amines) is 1. The van der Waals surface area contributed by atoms with E-state index >= 15 is 0 Å². The number of amides is 2. The summed E-state index contributed by atoms with van der Waals surface area (Å²) in [5.41, 5.74) is 0.869. The van der Waals surface area contributed by atoms with Crippen LogP contribution in [0.5, 0.6) is 11.5 Å². The molecule has 1 aromatic rings. The molecule has 5 heteroatoms. The van der Waals surface area contributed by atoms with E-state index in [2.05, 4.69) is 12.2 Å². The zero-order chi connectivity index (χ0) is 17.8. The van der Waals surface area contributed by atoms with Crippen LogP contribution in [0.15, 0.2) is 18.2 Å². The molecule has 3 N–H and O–H groups in total. The highest BCUT2D eigenvalue weighted by molar-refractivity contribution is 5.74. The fourth-order valence-electron chi connectivity index (χ4n) is 4.31. The van der Waals surface area contributed by atoms with Gasteiger partial charge in [-0.25, -0.2) is 4.79 Å². The molecule has 1 heterocycles. The van der Waals surface area contributed by atoms with Gasteiger partial charge in [0.25, 0.3) is 0 Å². The number of nitrogens with one attached hydrogen (secondary N) is 1. The number of carbonyl (C=O) groups excluding carboxylic acids is 1. The Bertz CT molecular complexity index is 591. The number of nitrogens with zero attached hydrogens (tertiary/aromatic N) is 1. The maximum atomic E-state index is 12.5. The lowest BCUT2D eigenvalue weighted by atomic mass is 9.84. The van der Waals surface area contributed by atoms with Crippen LogP contribution in [0.4, 0.5) is 4.79 Å². The summed E-state index contributed by atoms with van der Waals surface area (Å²) >= 11 is 0. The first-order chi connectivity index (χ1) is 12.0. The summed E-state index contributed by atoms with van der Waals surface area (Å²) in [5, 5.41) is 22.6. The summed E-state index contributed by atoms with van der Waals surface area (Å²) < 4.78 is 0. The molecule has 3 rings (SSSR count). The molecular formula is C20H30N2O3. The van der Waals surface area contributed by atoms with Gasteiger partial charge in [-0.05, 0) is 56.1 Å². The van der Waals surface area contributed by atoms with Crippen molar-refractivity contribution in [3.8, 4) is 11.5 Å². The van der Waals surface area contributed by atoms with Crippen LogP contribution in [0.1, 0.15) is 63.4 Å². The quantitative estimate of drug-likeness (QED) is 0.776. The molecule has 1 aromatic carbocycles. The van der Waals surface area contributed by atoms with Crippen molar-refractivity contribution in [1.82, 2.24) is 10.2 Å². The molecule has 1 aliphatic heterocycles. The van der Waals surface area contributed by atoms with Gasteiger partial charge in [-0.2, -0.15) is 0 Å². The van der Waals surface area contributed by atoms with Gasteiger partial charge >= 0.3 is 6.03 Å². The Balaban J connectivity index is 1.50. The summed E-state index contributed by atoms with van der Waals surface area (Å²) in [7, 11) is 0. The van der Waals surface area contributed by atoms with Crippen LogP contribution in [-0.2, 0) is 0 Å². The molecule has 0 bridgehead atoms. The van der Waals surface area contributed by atoms with Crippen LogP contribution in [0.25, 0.3) is 0 Å². The monoisotopic (exact) mass is 346 g/mol. The van der Waals surface area contributed by atoms with E-state index in [1.807, 2.05) is 4.90 Å². The van der Waals surface area contributed by atoms with Gasteiger partial charge in [-0.15, -0.1) is 0 Å². The topological polar surface area (TPSA) is 72.8 Å². The van der Waals surface area contributed by atoms with Crippen molar-refractivity contribution in [3.05, 3.63) is 23.8 Å². The van der Waals surface area contributed by atoms with Crippen molar-refractivity contribution in [2.75, 3.05) is 13.1 Å². The molecule has 5 nitrogen and oxygen atoms in total. The second-order valence-corrected chi connectivity index (χ2v) is 7.64. The van der Waals surface area contributed by atoms with Crippen molar-refractivity contribution in [2.24, 2.45) is 5.92 Å². The summed E-state index contributed by atoms with van der Waals surface area (Å²) in [5.74, 6) is 1.08. The first-order valence-electron chi connectivity index (χ1n) is 9.62. The Labute approximate surface area is 150 Å². The van der Waals surface area contributed by atoms with Gasteiger partial charge in [0.05, 0.1) is 0 Å². The maximum Gasteiger partial charge on any atom is 0.317 e. The van der Waals surface area contributed by atoms with E-state index in [1.54, 1.807) is 12.1 Å². The number of phenols is 2. The highest BCUT2D eigenvalue weighted by Crippen LogP contribution is 2.35. The molecule has 2 fully saturated rings. The maximum absolute atomic E-state index is 12.5. The highest BCUT2D eigenvalue weighted by atomic mass is 16.3. The molecule has 0 aromatic heterocycles. The third kappa shape index (κ3) is 4.39. The van der Waals surface area contributed by atoms with Crippen molar-refractivity contribution in [2.45, 2.75) is 63.8 Å².